The van der Waals surface area contributed by atoms with Crippen LogP contribution in [0.25, 0.3) is 0 Å². The van der Waals surface area contributed by atoms with Gasteiger partial charge >= 0.3 is 6.09 Å². The third kappa shape index (κ3) is 4.61. The molecule has 4 nitrogen and oxygen atoms in total. The smallest absolute Gasteiger partial charge is 0.424 e. The Labute approximate surface area is 67.3 Å². The summed E-state index contributed by atoms with van der Waals surface area (Å²) >= 11 is 0. The summed E-state index contributed by atoms with van der Waals surface area (Å²) in [7, 11) is 0. The van der Waals surface area contributed by atoms with Gasteiger partial charge in [0.25, 0.3) is 0 Å². The Bertz CT molecular complexity index is 117. The van der Waals surface area contributed by atoms with Gasteiger partial charge in [-0.2, -0.15) is 0 Å². The number of amides is 1. The third-order valence-corrected chi connectivity index (χ3v) is 1.30. The molecule has 66 valence electrons. The van der Waals surface area contributed by atoms with Crippen molar-refractivity contribution < 1.29 is 9.53 Å². The van der Waals surface area contributed by atoms with E-state index in [0.717, 1.165) is 17.9 Å². The molecule has 0 radical (unpaired) electrons. The largest absolute Gasteiger partial charge is 0.448 e. The van der Waals surface area contributed by atoms with E-state index in [9.17, 15) is 4.79 Å². The summed E-state index contributed by atoms with van der Waals surface area (Å²) in [6, 6.07) is 0. The molecule has 0 bridgehead atoms. The Morgan fingerprint density at radius 3 is 2.64 bits per heavy atom. The average Bonchev–Trinajstić information content (AvgIpc) is 2.03. The number of ether oxygens (including phenoxy) is 1. The SMILES string of the molecule is CCCCOC(=O)N(N)CC. The Morgan fingerprint density at radius 2 is 2.18 bits per heavy atom. The number of carbonyl (C=O) groups is 1. The highest BCUT2D eigenvalue weighted by molar-refractivity contribution is 5.66. The van der Waals surface area contributed by atoms with Gasteiger partial charge in [0, 0.05) is 6.54 Å². The predicted molar refractivity (Wildman–Crippen MR) is 42.8 cm³/mol. The molecule has 0 aromatic heterocycles. The number of hydrazine groups is 1. The van der Waals surface area contributed by atoms with E-state index in [-0.39, 0.29) is 0 Å². The van der Waals surface area contributed by atoms with Crippen molar-refractivity contribution in [3.8, 4) is 0 Å². The number of nitrogens with zero attached hydrogens (tertiary/aromatic N) is 1. The molecule has 2 N–H and O–H groups in total. The van der Waals surface area contributed by atoms with Crippen LogP contribution in [-0.4, -0.2) is 24.3 Å². The molecule has 11 heavy (non-hydrogen) atoms. The Hall–Kier alpha value is -0.770. The molecule has 0 unspecified atom stereocenters. The predicted octanol–water partition coefficient (Wildman–Crippen LogP) is 1.12. The third-order valence-electron chi connectivity index (χ3n) is 1.30. The topological polar surface area (TPSA) is 55.6 Å². The van der Waals surface area contributed by atoms with Gasteiger partial charge in [-0.25, -0.2) is 15.6 Å². The molecule has 0 aromatic rings. The second-order valence-electron chi connectivity index (χ2n) is 2.25. The number of hydrogen-bond donors (Lipinski definition) is 1. The first-order valence-corrected chi connectivity index (χ1v) is 3.91. The molecule has 4 heteroatoms. The lowest BCUT2D eigenvalue weighted by Gasteiger charge is -2.13. The van der Waals surface area contributed by atoms with Crippen LogP contribution in [0.3, 0.4) is 0 Å². The normalized spacial score (nSPS) is 9.36. The van der Waals surface area contributed by atoms with E-state index in [1.807, 2.05) is 6.92 Å². The first-order chi connectivity index (χ1) is 5.22. The number of hydrogen-bond acceptors (Lipinski definition) is 3. The minimum absolute atomic E-state index is 0.444. The zero-order valence-electron chi connectivity index (χ0n) is 7.17. The van der Waals surface area contributed by atoms with E-state index < -0.39 is 6.09 Å². The van der Waals surface area contributed by atoms with Gasteiger partial charge in [-0.05, 0) is 13.3 Å². The lowest BCUT2D eigenvalue weighted by Crippen LogP contribution is -2.37. The van der Waals surface area contributed by atoms with Crippen molar-refractivity contribution in [3.63, 3.8) is 0 Å². The molecular weight excluding hydrogens is 144 g/mol. The lowest BCUT2D eigenvalue weighted by molar-refractivity contribution is 0.103. The standard InChI is InChI=1S/C7H16N2O2/c1-3-5-6-11-7(10)9(8)4-2/h3-6,8H2,1-2H3. The van der Waals surface area contributed by atoms with E-state index in [0.29, 0.717) is 13.2 Å². The van der Waals surface area contributed by atoms with Crippen molar-refractivity contribution in [1.82, 2.24) is 5.01 Å². The fraction of sp³-hybridized carbons (Fsp3) is 0.857. The van der Waals surface area contributed by atoms with Gasteiger partial charge in [0.1, 0.15) is 0 Å². The summed E-state index contributed by atoms with van der Waals surface area (Å²) in [6.07, 6.45) is 1.47. The van der Waals surface area contributed by atoms with Crippen LogP contribution in [0.2, 0.25) is 0 Å². The van der Waals surface area contributed by atoms with Gasteiger partial charge in [0.05, 0.1) is 6.61 Å². The van der Waals surface area contributed by atoms with Gasteiger partial charge in [-0.15, -0.1) is 0 Å². The maximum atomic E-state index is 10.8. The van der Waals surface area contributed by atoms with Crippen molar-refractivity contribution in [2.24, 2.45) is 5.84 Å². The summed E-state index contributed by atoms with van der Waals surface area (Å²) in [5.74, 6) is 5.26. The summed E-state index contributed by atoms with van der Waals surface area (Å²) < 4.78 is 4.80. The summed E-state index contributed by atoms with van der Waals surface area (Å²) in [5.41, 5.74) is 0. The van der Waals surface area contributed by atoms with Gasteiger partial charge in [0.15, 0.2) is 0 Å². The van der Waals surface area contributed by atoms with Crippen molar-refractivity contribution in [2.45, 2.75) is 26.7 Å². The van der Waals surface area contributed by atoms with Crippen LogP contribution in [0.15, 0.2) is 0 Å². The van der Waals surface area contributed by atoms with E-state index >= 15 is 0 Å². The molecule has 0 fully saturated rings. The average molecular weight is 160 g/mol. The van der Waals surface area contributed by atoms with Crippen molar-refractivity contribution in [3.05, 3.63) is 0 Å². The summed E-state index contributed by atoms with van der Waals surface area (Å²) in [4.78, 5) is 10.8. The maximum absolute atomic E-state index is 10.8. The molecule has 0 saturated carbocycles. The number of unbranched alkanes of at least 4 members (excludes halogenated alkanes) is 1. The molecule has 0 aliphatic carbocycles. The van der Waals surface area contributed by atoms with Gasteiger partial charge < -0.3 is 4.74 Å². The Balaban J connectivity index is 3.36. The van der Waals surface area contributed by atoms with E-state index in [1.165, 1.54) is 0 Å². The monoisotopic (exact) mass is 160 g/mol. The molecular formula is C7H16N2O2. The minimum Gasteiger partial charge on any atom is -0.448 e. The quantitative estimate of drug-likeness (QED) is 0.290. The molecule has 0 spiro atoms. The molecule has 0 aliphatic heterocycles. The Morgan fingerprint density at radius 1 is 1.55 bits per heavy atom. The van der Waals surface area contributed by atoms with E-state index in [4.69, 9.17) is 10.6 Å². The van der Waals surface area contributed by atoms with Crippen LogP contribution < -0.4 is 5.84 Å². The number of rotatable bonds is 4. The highest BCUT2D eigenvalue weighted by atomic mass is 16.6. The maximum Gasteiger partial charge on any atom is 0.424 e. The fourth-order valence-electron chi connectivity index (χ4n) is 0.516. The number of nitrogens with two attached hydrogens (primary N) is 1. The molecule has 0 rings (SSSR count). The van der Waals surface area contributed by atoms with Crippen molar-refractivity contribution >= 4 is 6.09 Å². The van der Waals surface area contributed by atoms with Gasteiger partial charge in [0.2, 0.25) is 0 Å². The second kappa shape index (κ2) is 5.97. The van der Waals surface area contributed by atoms with E-state index in [1.54, 1.807) is 6.92 Å². The number of carbonyl (C=O) groups excluding carboxylic acids is 1. The molecule has 0 saturated heterocycles. The zero-order chi connectivity index (χ0) is 8.69. The molecule has 0 heterocycles. The van der Waals surface area contributed by atoms with Crippen LogP contribution in [-0.2, 0) is 4.74 Å². The second-order valence-corrected chi connectivity index (χ2v) is 2.25. The van der Waals surface area contributed by atoms with Crippen LogP contribution in [0.4, 0.5) is 4.79 Å². The van der Waals surface area contributed by atoms with Crippen LogP contribution in [0.5, 0.6) is 0 Å². The molecule has 0 aromatic carbocycles. The summed E-state index contributed by atoms with van der Waals surface area (Å²) in [5, 5.41) is 1.05. The fourth-order valence-corrected chi connectivity index (χ4v) is 0.516. The highest BCUT2D eigenvalue weighted by Crippen LogP contribution is 1.91. The van der Waals surface area contributed by atoms with E-state index in [2.05, 4.69) is 0 Å². The lowest BCUT2D eigenvalue weighted by atomic mass is 10.4. The molecule has 0 atom stereocenters. The summed E-state index contributed by atoms with van der Waals surface area (Å²) in [6.45, 7) is 4.77. The van der Waals surface area contributed by atoms with Crippen LogP contribution >= 0.6 is 0 Å². The Kier molecular flexibility index (Phi) is 5.56. The minimum atomic E-state index is -0.444. The van der Waals surface area contributed by atoms with Crippen molar-refractivity contribution in [2.75, 3.05) is 13.2 Å². The molecule has 1 amide bonds. The van der Waals surface area contributed by atoms with Crippen LogP contribution in [0, 0.1) is 0 Å². The van der Waals surface area contributed by atoms with Crippen molar-refractivity contribution in [1.29, 1.82) is 0 Å². The highest BCUT2D eigenvalue weighted by Gasteiger charge is 2.06. The first kappa shape index (κ1) is 10.2. The molecule has 0 aliphatic rings. The van der Waals surface area contributed by atoms with Gasteiger partial charge in [-0.1, -0.05) is 13.3 Å². The van der Waals surface area contributed by atoms with Crippen LogP contribution in [0.1, 0.15) is 26.7 Å². The first-order valence-electron chi connectivity index (χ1n) is 3.91. The zero-order valence-corrected chi connectivity index (χ0v) is 7.17. The van der Waals surface area contributed by atoms with Gasteiger partial charge in [-0.3, -0.25) is 0 Å².